The molecule has 0 saturated carbocycles. The van der Waals surface area contributed by atoms with Crippen molar-refractivity contribution in [3.05, 3.63) is 60.3 Å². The molecule has 0 aliphatic carbocycles. The third kappa shape index (κ3) is 2.75. The molecule has 4 rings (SSSR count). The molecule has 1 saturated heterocycles. The zero-order valence-electron chi connectivity index (χ0n) is 13.9. The second-order valence-electron chi connectivity index (χ2n) is 6.48. The number of rotatable bonds is 2. The number of amides is 1. The molecule has 134 valence electrons. The summed E-state index contributed by atoms with van der Waals surface area (Å²) in [5.41, 5.74) is 3.32. The van der Waals surface area contributed by atoms with Crippen molar-refractivity contribution in [3.63, 3.8) is 0 Å². The van der Waals surface area contributed by atoms with E-state index in [9.17, 15) is 18.0 Å². The first-order valence-electron chi connectivity index (χ1n) is 8.50. The van der Waals surface area contributed by atoms with E-state index in [0.29, 0.717) is 18.5 Å². The maximum atomic E-state index is 13.0. The molecule has 3 nitrogen and oxygen atoms in total. The van der Waals surface area contributed by atoms with Crippen LogP contribution in [0, 0.1) is 0 Å². The summed E-state index contributed by atoms with van der Waals surface area (Å²) in [6.07, 6.45) is -3.80. The molecular weight excluding hydrogens is 341 g/mol. The lowest BCUT2D eigenvalue weighted by Gasteiger charge is -2.26. The molecule has 1 aliphatic heterocycles. The van der Waals surface area contributed by atoms with Crippen molar-refractivity contribution in [1.82, 2.24) is 9.88 Å². The lowest BCUT2D eigenvalue weighted by molar-refractivity contribution is -0.186. The summed E-state index contributed by atoms with van der Waals surface area (Å²) in [6.45, 7) is 0.118. The zero-order chi connectivity index (χ0) is 18.3. The standard InChI is InChI=1S/C20H17F3N2O/c21-20(22,23)19(26)25-12-6-11-16(25)18-17(13-7-2-1-3-8-13)14-9-4-5-10-15(14)24-18/h1-5,7-10,16,24H,6,11-12H2. The van der Waals surface area contributed by atoms with Crippen LogP contribution in [0.2, 0.25) is 0 Å². The first kappa shape index (κ1) is 16.7. The SMILES string of the molecule is O=C(N1CCCC1c1[nH]c2ccccc2c1-c1ccccc1)C(F)(F)F. The highest BCUT2D eigenvalue weighted by Gasteiger charge is 2.47. The Balaban J connectivity index is 1.88. The number of fused-ring (bicyclic) bond motifs is 1. The van der Waals surface area contributed by atoms with Crippen LogP contribution in [0.15, 0.2) is 54.6 Å². The van der Waals surface area contributed by atoms with Gasteiger partial charge in [-0.1, -0.05) is 48.5 Å². The van der Waals surface area contributed by atoms with Gasteiger partial charge < -0.3 is 9.88 Å². The van der Waals surface area contributed by atoms with E-state index in [1.807, 2.05) is 54.6 Å². The number of hydrogen-bond donors (Lipinski definition) is 1. The highest BCUT2D eigenvalue weighted by Crippen LogP contribution is 2.42. The van der Waals surface area contributed by atoms with Crippen molar-refractivity contribution >= 4 is 16.8 Å². The number of para-hydroxylation sites is 1. The number of benzene rings is 2. The van der Waals surface area contributed by atoms with Gasteiger partial charge in [0.15, 0.2) is 0 Å². The minimum absolute atomic E-state index is 0.118. The quantitative estimate of drug-likeness (QED) is 0.683. The number of carbonyl (C=O) groups excluding carboxylic acids is 1. The summed E-state index contributed by atoms with van der Waals surface area (Å²) in [4.78, 5) is 16.1. The van der Waals surface area contributed by atoms with E-state index in [4.69, 9.17) is 0 Å². The molecule has 1 aliphatic rings. The van der Waals surface area contributed by atoms with Gasteiger partial charge in [0.05, 0.1) is 6.04 Å². The molecule has 6 heteroatoms. The summed E-state index contributed by atoms with van der Waals surface area (Å²) in [6, 6.07) is 16.6. The van der Waals surface area contributed by atoms with Gasteiger partial charge in [0, 0.05) is 28.7 Å². The smallest absolute Gasteiger partial charge is 0.356 e. The molecule has 0 bridgehead atoms. The second kappa shape index (κ2) is 6.20. The maximum absolute atomic E-state index is 13.0. The average Bonchev–Trinajstić information content (AvgIpc) is 3.25. The number of nitrogens with one attached hydrogen (secondary N) is 1. The lowest BCUT2D eigenvalue weighted by Crippen LogP contribution is -2.40. The topological polar surface area (TPSA) is 36.1 Å². The van der Waals surface area contributed by atoms with Crippen LogP contribution < -0.4 is 0 Å². The van der Waals surface area contributed by atoms with E-state index in [0.717, 1.165) is 26.9 Å². The van der Waals surface area contributed by atoms with Gasteiger partial charge in [-0.05, 0) is 24.5 Å². The minimum Gasteiger partial charge on any atom is -0.356 e. The Morgan fingerprint density at radius 3 is 2.46 bits per heavy atom. The molecule has 0 spiro atoms. The van der Waals surface area contributed by atoms with Crippen LogP contribution in [-0.2, 0) is 4.79 Å². The fraction of sp³-hybridized carbons (Fsp3) is 0.250. The number of halogens is 3. The summed E-state index contributed by atoms with van der Waals surface area (Å²) < 4.78 is 39.0. The van der Waals surface area contributed by atoms with E-state index in [-0.39, 0.29) is 6.54 Å². The van der Waals surface area contributed by atoms with Crippen LogP contribution in [0.1, 0.15) is 24.6 Å². The molecular formula is C20H17F3N2O. The van der Waals surface area contributed by atoms with Crippen LogP contribution in [0.4, 0.5) is 13.2 Å². The molecule has 1 fully saturated rings. The molecule has 2 heterocycles. The third-order valence-corrected chi connectivity index (χ3v) is 4.89. The van der Waals surface area contributed by atoms with Gasteiger partial charge in [0.1, 0.15) is 0 Å². The van der Waals surface area contributed by atoms with Gasteiger partial charge in [-0.15, -0.1) is 0 Å². The van der Waals surface area contributed by atoms with Crippen molar-refractivity contribution in [2.24, 2.45) is 0 Å². The zero-order valence-corrected chi connectivity index (χ0v) is 13.9. The van der Waals surface area contributed by atoms with E-state index in [1.165, 1.54) is 0 Å². The van der Waals surface area contributed by atoms with Gasteiger partial charge in [-0.3, -0.25) is 4.79 Å². The lowest BCUT2D eigenvalue weighted by atomic mass is 9.97. The average molecular weight is 358 g/mol. The largest absolute Gasteiger partial charge is 0.471 e. The third-order valence-electron chi connectivity index (χ3n) is 4.89. The highest BCUT2D eigenvalue weighted by atomic mass is 19.4. The highest BCUT2D eigenvalue weighted by molar-refractivity contribution is 5.98. The normalized spacial score (nSPS) is 17.8. The van der Waals surface area contributed by atoms with Crippen LogP contribution in [-0.4, -0.2) is 28.5 Å². The number of aromatic nitrogens is 1. The second-order valence-corrected chi connectivity index (χ2v) is 6.48. The minimum atomic E-state index is -4.86. The van der Waals surface area contributed by atoms with Crippen LogP contribution >= 0.6 is 0 Å². The van der Waals surface area contributed by atoms with E-state index >= 15 is 0 Å². The molecule has 1 unspecified atom stereocenters. The molecule has 1 amide bonds. The number of likely N-dealkylation sites (tertiary alicyclic amines) is 1. The summed E-state index contributed by atoms with van der Waals surface area (Å²) >= 11 is 0. The Bertz CT molecular complexity index is 947. The molecule has 2 aromatic carbocycles. The molecule has 3 aromatic rings. The Morgan fingerprint density at radius 2 is 1.73 bits per heavy atom. The summed E-state index contributed by atoms with van der Waals surface area (Å²) in [5, 5.41) is 0.944. The number of alkyl halides is 3. The Morgan fingerprint density at radius 1 is 1.04 bits per heavy atom. The Labute approximate surface area is 148 Å². The summed E-state index contributed by atoms with van der Waals surface area (Å²) in [7, 11) is 0. The van der Waals surface area contributed by atoms with E-state index in [1.54, 1.807) is 0 Å². The van der Waals surface area contributed by atoms with Crippen molar-refractivity contribution in [1.29, 1.82) is 0 Å². The fourth-order valence-electron chi connectivity index (χ4n) is 3.80. The molecule has 1 N–H and O–H groups in total. The van der Waals surface area contributed by atoms with Gasteiger partial charge in [0.25, 0.3) is 0 Å². The number of hydrogen-bond acceptors (Lipinski definition) is 1. The summed E-state index contributed by atoms with van der Waals surface area (Å²) in [5.74, 6) is -1.77. The predicted octanol–water partition coefficient (Wildman–Crippen LogP) is 5.06. The predicted molar refractivity (Wildman–Crippen MR) is 93.5 cm³/mol. The fourth-order valence-corrected chi connectivity index (χ4v) is 3.80. The Kier molecular flexibility index (Phi) is 3.98. The number of aromatic amines is 1. The van der Waals surface area contributed by atoms with Crippen molar-refractivity contribution in [2.45, 2.75) is 25.1 Å². The van der Waals surface area contributed by atoms with Crippen molar-refractivity contribution in [2.75, 3.05) is 6.54 Å². The molecule has 1 atom stereocenters. The number of nitrogens with zero attached hydrogens (tertiary/aromatic N) is 1. The number of carbonyl (C=O) groups is 1. The molecule has 1 aromatic heterocycles. The number of H-pyrrole nitrogens is 1. The Hall–Kier alpha value is -2.76. The van der Waals surface area contributed by atoms with Crippen molar-refractivity contribution in [3.8, 4) is 11.1 Å². The maximum Gasteiger partial charge on any atom is 0.471 e. The van der Waals surface area contributed by atoms with Gasteiger partial charge in [0.2, 0.25) is 0 Å². The van der Waals surface area contributed by atoms with E-state index < -0.39 is 18.1 Å². The monoisotopic (exact) mass is 358 g/mol. The van der Waals surface area contributed by atoms with Gasteiger partial charge in [-0.2, -0.15) is 13.2 Å². The van der Waals surface area contributed by atoms with Crippen LogP contribution in [0.3, 0.4) is 0 Å². The van der Waals surface area contributed by atoms with Gasteiger partial charge in [-0.25, -0.2) is 0 Å². The van der Waals surface area contributed by atoms with Crippen molar-refractivity contribution < 1.29 is 18.0 Å². The van der Waals surface area contributed by atoms with E-state index in [2.05, 4.69) is 4.98 Å². The van der Waals surface area contributed by atoms with Gasteiger partial charge >= 0.3 is 12.1 Å². The molecule has 0 radical (unpaired) electrons. The first-order chi connectivity index (χ1) is 12.5. The van der Waals surface area contributed by atoms with Crippen LogP contribution in [0.25, 0.3) is 22.0 Å². The molecule has 26 heavy (non-hydrogen) atoms. The first-order valence-corrected chi connectivity index (χ1v) is 8.50. The van der Waals surface area contributed by atoms with Crippen LogP contribution in [0.5, 0.6) is 0 Å².